The molecule has 0 amide bonds. The van der Waals surface area contributed by atoms with Gasteiger partial charge in [-0.05, 0) is 132 Å². The molecule has 12 rings (SSSR count). The van der Waals surface area contributed by atoms with E-state index < -0.39 is 0 Å². The van der Waals surface area contributed by atoms with Crippen molar-refractivity contribution in [2.75, 3.05) is 0 Å². The molecule has 0 radical (unpaired) electrons. The third kappa shape index (κ3) is 4.54. The average Bonchev–Trinajstić information content (AvgIpc) is 3.27. The lowest BCUT2D eigenvalue weighted by atomic mass is 9.81. The van der Waals surface area contributed by atoms with E-state index in [0.717, 1.165) is 0 Å². The molecule has 0 atom stereocenters. The molecular weight excluding hydrogens is 673 g/mol. The van der Waals surface area contributed by atoms with Crippen LogP contribution in [0, 0.1) is 0 Å². The quantitative estimate of drug-likeness (QED) is 0.156. The first-order valence-corrected chi connectivity index (χ1v) is 19.5. The molecule has 258 valence electrons. The maximum absolute atomic E-state index is 2.51. The van der Waals surface area contributed by atoms with Crippen LogP contribution < -0.4 is 0 Å². The van der Waals surface area contributed by atoms with Crippen LogP contribution in [0.15, 0.2) is 206 Å². The second-order valence-electron chi connectivity index (χ2n) is 15.1. The fourth-order valence-corrected chi connectivity index (χ4v) is 9.73. The molecule has 0 aromatic heterocycles. The summed E-state index contributed by atoms with van der Waals surface area (Å²) in [5, 5.41) is 15.5. The van der Waals surface area contributed by atoms with E-state index >= 15 is 0 Å². The zero-order valence-electron chi connectivity index (χ0n) is 30.6. The molecule has 0 N–H and O–H groups in total. The van der Waals surface area contributed by atoms with Crippen molar-refractivity contribution in [2.24, 2.45) is 0 Å². The summed E-state index contributed by atoms with van der Waals surface area (Å²) in [4.78, 5) is 0. The van der Waals surface area contributed by atoms with Crippen LogP contribution in [-0.2, 0) is 0 Å². The van der Waals surface area contributed by atoms with Gasteiger partial charge in [-0.15, -0.1) is 0 Å². The Morgan fingerprint density at radius 1 is 0.179 bits per heavy atom. The first-order valence-electron chi connectivity index (χ1n) is 19.5. The summed E-state index contributed by atoms with van der Waals surface area (Å²) in [6.07, 6.45) is 0. The molecular formula is C56H34. The summed E-state index contributed by atoms with van der Waals surface area (Å²) in [6.45, 7) is 0. The molecule has 0 saturated heterocycles. The first-order chi connectivity index (χ1) is 27.8. The van der Waals surface area contributed by atoms with E-state index in [1.165, 1.54) is 120 Å². The highest BCUT2D eigenvalue weighted by Crippen LogP contribution is 2.50. The molecule has 12 aromatic carbocycles. The van der Waals surface area contributed by atoms with Gasteiger partial charge in [0.1, 0.15) is 0 Å². The van der Waals surface area contributed by atoms with Crippen LogP contribution >= 0.6 is 0 Å². The second-order valence-corrected chi connectivity index (χ2v) is 15.1. The van der Waals surface area contributed by atoms with Gasteiger partial charge in [-0.25, -0.2) is 0 Å². The average molecular weight is 707 g/mol. The van der Waals surface area contributed by atoms with Crippen molar-refractivity contribution in [1.29, 1.82) is 0 Å². The smallest absolute Gasteiger partial charge is 0.00201 e. The lowest BCUT2D eigenvalue weighted by Gasteiger charge is -2.22. The number of hydrogen-bond donors (Lipinski definition) is 0. The number of hydrogen-bond acceptors (Lipinski definition) is 0. The Hall–Kier alpha value is -7.28. The van der Waals surface area contributed by atoms with E-state index in [4.69, 9.17) is 0 Å². The molecule has 0 bridgehead atoms. The summed E-state index contributed by atoms with van der Waals surface area (Å²) in [6, 6.07) is 76.7. The zero-order valence-corrected chi connectivity index (χ0v) is 30.6. The van der Waals surface area contributed by atoms with Crippen molar-refractivity contribution >= 4 is 64.6 Å². The Kier molecular flexibility index (Phi) is 6.73. The maximum atomic E-state index is 2.51. The topological polar surface area (TPSA) is 0 Å². The van der Waals surface area contributed by atoms with Gasteiger partial charge in [0.05, 0.1) is 0 Å². The van der Waals surface area contributed by atoms with Crippen LogP contribution in [0.3, 0.4) is 0 Å². The van der Waals surface area contributed by atoms with Crippen LogP contribution in [0.5, 0.6) is 0 Å². The van der Waals surface area contributed by atoms with E-state index in [-0.39, 0.29) is 0 Å². The predicted octanol–water partition coefficient (Wildman–Crippen LogP) is 15.8. The molecule has 0 fully saturated rings. The third-order valence-corrected chi connectivity index (χ3v) is 12.2. The minimum absolute atomic E-state index is 1.23. The third-order valence-electron chi connectivity index (χ3n) is 12.2. The first kappa shape index (κ1) is 31.1. The van der Waals surface area contributed by atoms with Crippen molar-refractivity contribution in [1.82, 2.24) is 0 Å². The molecule has 0 saturated carbocycles. The fourth-order valence-electron chi connectivity index (χ4n) is 9.73. The highest BCUT2D eigenvalue weighted by Gasteiger charge is 2.22. The fraction of sp³-hybridized carbons (Fsp3) is 0. The van der Waals surface area contributed by atoms with Crippen molar-refractivity contribution < 1.29 is 0 Å². The van der Waals surface area contributed by atoms with Crippen LogP contribution in [0.1, 0.15) is 0 Å². The van der Waals surface area contributed by atoms with E-state index in [0.29, 0.717) is 0 Å². The van der Waals surface area contributed by atoms with Crippen molar-refractivity contribution in [2.45, 2.75) is 0 Å². The second kappa shape index (κ2) is 12.1. The van der Waals surface area contributed by atoms with Gasteiger partial charge in [-0.3, -0.25) is 0 Å². The van der Waals surface area contributed by atoms with Crippen molar-refractivity contribution in [3.05, 3.63) is 206 Å². The Balaban J connectivity index is 1.22. The van der Waals surface area contributed by atoms with Crippen LogP contribution in [0.2, 0.25) is 0 Å². The molecule has 0 nitrogen and oxygen atoms in total. The van der Waals surface area contributed by atoms with Gasteiger partial charge in [-0.2, -0.15) is 0 Å². The molecule has 0 aliphatic carbocycles. The number of rotatable bonds is 5. The molecule has 0 heteroatoms. The van der Waals surface area contributed by atoms with Crippen LogP contribution in [0.25, 0.3) is 120 Å². The largest absolute Gasteiger partial charge is 0.0622 e. The van der Waals surface area contributed by atoms with Crippen molar-refractivity contribution in [3.8, 4) is 55.6 Å². The monoisotopic (exact) mass is 706 g/mol. The normalized spacial score (nSPS) is 11.9. The summed E-state index contributed by atoms with van der Waals surface area (Å²) >= 11 is 0. The SMILES string of the molecule is c1ccc(-c2ccccc2-c2ccc3ccc4cccc5c(-c6cc7c(-c8ccccc8-c8ccccc8)ccc8ccc9cccc6c9c87)cc2c3c45)cc1. The highest BCUT2D eigenvalue weighted by atomic mass is 14.2. The lowest BCUT2D eigenvalue weighted by molar-refractivity contribution is 1.60. The minimum atomic E-state index is 1.23. The Morgan fingerprint density at radius 2 is 0.518 bits per heavy atom. The Morgan fingerprint density at radius 3 is 0.946 bits per heavy atom. The van der Waals surface area contributed by atoms with Gasteiger partial charge in [0.2, 0.25) is 0 Å². The molecule has 0 aliphatic rings. The van der Waals surface area contributed by atoms with Gasteiger partial charge in [-0.1, -0.05) is 194 Å². The van der Waals surface area contributed by atoms with E-state index in [9.17, 15) is 0 Å². The summed E-state index contributed by atoms with van der Waals surface area (Å²) in [5.74, 6) is 0. The van der Waals surface area contributed by atoms with Gasteiger partial charge in [0, 0.05) is 0 Å². The molecule has 56 heavy (non-hydrogen) atoms. The Labute approximate surface area is 325 Å². The standard InChI is InChI=1S/C56H34/c1-3-13-35(14-4-1)41-19-7-9-21-43(41)45-31-29-39-27-25-37-17-11-23-47-49(33-51(45)55(39)53(37)47)50-34-52-46(44-22-10-8-20-42(44)36-15-5-2-6-16-36)32-30-40-28-26-38-18-12-24-48(50)54(38)56(40)52/h1-34H. The highest BCUT2D eigenvalue weighted by molar-refractivity contribution is 6.33. The van der Waals surface area contributed by atoms with Gasteiger partial charge >= 0.3 is 0 Å². The van der Waals surface area contributed by atoms with Crippen molar-refractivity contribution in [3.63, 3.8) is 0 Å². The summed E-state index contributed by atoms with van der Waals surface area (Å²) in [7, 11) is 0. The van der Waals surface area contributed by atoms with Crippen LogP contribution in [0.4, 0.5) is 0 Å². The van der Waals surface area contributed by atoms with Crippen LogP contribution in [-0.4, -0.2) is 0 Å². The Bertz CT molecular complexity index is 3210. The maximum Gasteiger partial charge on any atom is -0.00201 e. The van der Waals surface area contributed by atoms with E-state index in [2.05, 4.69) is 206 Å². The molecule has 0 unspecified atom stereocenters. The molecule has 0 aliphatic heterocycles. The molecule has 0 spiro atoms. The molecule has 12 aromatic rings. The van der Waals surface area contributed by atoms with Gasteiger partial charge in [0.25, 0.3) is 0 Å². The van der Waals surface area contributed by atoms with Gasteiger partial charge in [0.15, 0.2) is 0 Å². The summed E-state index contributed by atoms with van der Waals surface area (Å²) < 4.78 is 0. The van der Waals surface area contributed by atoms with Gasteiger partial charge < -0.3 is 0 Å². The minimum Gasteiger partial charge on any atom is -0.0622 e. The van der Waals surface area contributed by atoms with E-state index in [1.54, 1.807) is 0 Å². The molecule has 0 heterocycles. The lowest BCUT2D eigenvalue weighted by Crippen LogP contribution is -1.94. The van der Waals surface area contributed by atoms with E-state index in [1.807, 2.05) is 0 Å². The summed E-state index contributed by atoms with van der Waals surface area (Å²) in [5.41, 5.74) is 12.5. The number of benzene rings is 12. The predicted molar refractivity (Wildman–Crippen MR) is 241 cm³/mol. The zero-order chi connectivity index (χ0) is 36.7.